The van der Waals surface area contributed by atoms with Crippen LogP contribution in [0.5, 0.6) is 0 Å². The van der Waals surface area contributed by atoms with Crippen molar-refractivity contribution in [3.63, 3.8) is 0 Å². The van der Waals surface area contributed by atoms with Gasteiger partial charge in [0, 0.05) is 6.42 Å². The van der Waals surface area contributed by atoms with Crippen molar-refractivity contribution in [1.82, 2.24) is 0 Å². The monoisotopic (exact) mass is 102 g/mol. The number of carbonyl (C=O) groups excluding carboxylic acids is 1. The molecule has 0 aromatic heterocycles. The summed E-state index contributed by atoms with van der Waals surface area (Å²) < 4.78 is 0. The molecule has 0 atom stereocenters. The van der Waals surface area contributed by atoms with Gasteiger partial charge in [0.25, 0.3) is 0 Å². The van der Waals surface area contributed by atoms with Gasteiger partial charge in [-0.1, -0.05) is 6.92 Å². The lowest BCUT2D eigenvalue weighted by atomic mass is 9.83. The predicted octanol–water partition coefficient (Wildman–Crippen LogP) is -1.02. The molecule has 0 saturated heterocycles. The van der Waals surface area contributed by atoms with E-state index in [1.807, 2.05) is 0 Å². The molecule has 0 amide bonds. The van der Waals surface area contributed by atoms with Gasteiger partial charge in [-0.05, 0) is 0 Å². The maximum atomic E-state index is 10.0. The number of carbonyl (C=O) groups is 1. The molecule has 0 spiro atoms. The van der Waals surface area contributed by atoms with Crippen LogP contribution in [0.2, 0.25) is 0 Å². The molecule has 3 nitrogen and oxygen atoms in total. The van der Waals surface area contributed by atoms with Crippen molar-refractivity contribution in [3.05, 3.63) is 0 Å². The van der Waals surface area contributed by atoms with Crippen molar-refractivity contribution in [2.75, 3.05) is 0 Å². The molecular formula is C3H7BO3. The Morgan fingerprint density at radius 3 is 2.14 bits per heavy atom. The van der Waals surface area contributed by atoms with Crippen molar-refractivity contribution < 1.29 is 14.8 Å². The Labute approximate surface area is 42.1 Å². The van der Waals surface area contributed by atoms with E-state index in [-0.39, 0.29) is 6.42 Å². The molecule has 0 aliphatic rings. The van der Waals surface area contributed by atoms with Crippen molar-refractivity contribution in [2.24, 2.45) is 0 Å². The molecule has 40 valence electrons. The minimum atomic E-state index is -1.77. The van der Waals surface area contributed by atoms with Crippen LogP contribution in [0.25, 0.3) is 0 Å². The van der Waals surface area contributed by atoms with Crippen molar-refractivity contribution in [2.45, 2.75) is 13.3 Å². The topological polar surface area (TPSA) is 57.5 Å². The maximum absolute atomic E-state index is 10.0. The first-order chi connectivity index (χ1) is 3.18. The first-order valence-electron chi connectivity index (χ1n) is 2.07. The van der Waals surface area contributed by atoms with E-state index < -0.39 is 12.8 Å². The second kappa shape index (κ2) is 2.77. The lowest BCUT2D eigenvalue weighted by molar-refractivity contribution is -0.113. The maximum Gasteiger partial charge on any atom is 0.526 e. The summed E-state index contributed by atoms with van der Waals surface area (Å²) >= 11 is 0. The van der Waals surface area contributed by atoms with E-state index in [0.717, 1.165) is 0 Å². The fourth-order valence-electron chi connectivity index (χ4n) is 0.183. The van der Waals surface area contributed by atoms with Gasteiger partial charge >= 0.3 is 7.12 Å². The van der Waals surface area contributed by atoms with Crippen LogP contribution in [0.4, 0.5) is 0 Å². The number of hydrogen-bond acceptors (Lipinski definition) is 3. The highest BCUT2D eigenvalue weighted by Crippen LogP contribution is 1.79. The zero-order valence-electron chi connectivity index (χ0n) is 4.09. The molecule has 0 bridgehead atoms. The first-order valence-corrected chi connectivity index (χ1v) is 2.07. The lowest BCUT2D eigenvalue weighted by Gasteiger charge is -1.88. The van der Waals surface area contributed by atoms with Gasteiger partial charge < -0.3 is 14.8 Å². The lowest BCUT2D eigenvalue weighted by Crippen LogP contribution is -2.24. The van der Waals surface area contributed by atoms with Gasteiger partial charge in [-0.2, -0.15) is 0 Å². The molecule has 0 fully saturated rings. The third-order valence-corrected chi connectivity index (χ3v) is 0.636. The molecule has 7 heavy (non-hydrogen) atoms. The summed E-state index contributed by atoms with van der Waals surface area (Å²) in [7, 11) is -1.77. The predicted molar refractivity (Wildman–Crippen MR) is 25.5 cm³/mol. The van der Waals surface area contributed by atoms with Gasteiger partial charge in [0.05, 0.1) is 0 Å². The Balaban J connectivity index is 3.35. The zero-order chi connectivity index (χ0) is 5.86. The molecule has 4 heteroatoms. The average molecular weight is 102 g/mol. The summed E-state index contributed by atoms with van der Waals surface area (Å²) in [4.78, 5) is 10.0. The molecular weight excluding hydrogens is 94.8 g/mol. The molecule has 0 rings (SSSR count). The number of rotatable bonds is 2. The van der Waals surface area contributed by atoms with Gasteiger partial charge in [0.1, 0.15) is 0 Å². The summed E-state index contributed by atoms with van der Waals surface area (Å²) in [5.41, 5.74) is -0.542. The van der Waals surface area contributed by atoms with Crippen LogP contribution in [-0.2, 0) is 4.79 Å². The highest BCUT2D eigenvalue weighted by atomic mass is 16.4. The quantitative estimate of drug-likeness (QED) is 0.438. The molecule has 0 aromatic rings. The van der Waals surface area contributed by atoms with Gasteiger partial charge in [-0.3, -0.25) is 0 Å². The highest BCUT2D eigenvalue weighted by molar-refractivity contribution is 6.78. The molecule has 2 N–H and O–H groups in total. The smallest absolute Gasteiger partial charge is 0.421 e. The van der Waals surface area contributed by atoms with Crippen LogP contribution in [-0.4, -0.2) is 22.8 Å². The minimum Gasteiger partial charge on any atom is -0.421 e. The van der Waals surface area contributed by atoms with E-state index in [1.165, 1.54) is 0 Å². The Kier molecular flexibility index (Phi) is 2.63. The Morgan fingerprint density at radius 1 is 1.71 bits per heavy atom. The van der Waals surface area contributed by atoms with Crippen molar-refractivity contribution in [3.8, 4) is 0 Å². The second-order valence-corrected chi connectivity index (χ2v) is 1.19. The third-order valence-electron chi connectivity index (χ3n) is 0.636. The first kappa shape index (κ1) is 6.65. The molecule has 0 heterocycles. The Hall–Kier alpha value is -0.345. The SMILES string of the molecule is CCC(=O)B(O)O. The van der Waals surface area contributed by atoms with Crippen LogP contribution in [0, 0.1) is 0 Å². The summed E-state index contributed by atoms with van der Waals surface area (Å²) in [6.07, 6.45) is 0.178. The zero-order valence-corrected chi connectivity index (χ0v) is 4.09. The third kappa shape index (κ3) is 2.36. The molecule has 0 aliphatic carbocycles. The number of hydrogen-bond donors (Lipinski definition) is 2. The fourth-order valence-corrected chi connectivity index (χ4v) is 0.183. The van der Waals surface area contributed by atoms with Crippen LogP contribution in [0.15, 0.2) is 0 Å². The van der Waals surface area contributed by atoms with Crippen molar-refractivity contribution >= 4 is 12.8 Å². The molecule has 0 unspecified atom stereocenters. The van der Waals surface area contributed by atoms with Crippen LogP contribution in [0.1, 0.15) is 13.3 Å². The summed E-state index contributed by atoms with van der Waals surface area (Å²) in [5, 5.41) is 16.1. The Bertz CT molecular complexity index is 70.6. The average Bonchev–Trinajstić information content (AvgIpc) is 1.65. The van der Waals surface area contributed by atoms with Gasteiger partial charge in [-0.25, -0.2) is 0 Å². The molecule has 0 saturated carbocycles. The van der Waals surface area contributed by atoms with E-state index in [9.17, 15) is 4.79 Å². The summed E-state index contributed by atoms with van der Waals surface area (Å²) in [6.45, 7) is 1.57. The van der Waals surface area contributed by atoms with E-state index in [4.69, 9.17) is 10.0 Å². The van der Waals surface area contributed by atoms with Gasteiger partial charge in [0.15, 0.2) is 5.68 Å². The summed E-state index contributed by atoms with van der Waals surface area (Å²) in [5.74, 6) is 0. The van der Waals surface area contributed by atoms with Crippen LogP contribution in [0.3, 0.4) is 0 Å². The van der Waals surface area contributed by atoms with E-state index >= 15 is 0 Å². The highest BCUT2D eigenvalue weighted by Gasteiger charge is 2.15. The van der Waals surface area contributed by atoms with E-state index in [0.29, 0.717) is 0 Å². The summed E-state index contributed by atoms with van der Waals surface area (Å²) in [6, 6.07) is 0. The standard InChI is InChI=1S/C3H7BO3/c1-2-3(5)4(6)7/h6-7H,2H2,1H3. The molecule has 0 aliphatic heterocycles. The normalized spacial score (nSPS) is 8.43. The minimum absolute atomic E-state index is 0.178. The fraction of sp³-hybridized carbons (Fsp3) is 0.667. The van der Waals surface area contributed by atoms with Crippen LogP contribution >= 0.6 is 0 Å². The van der Waals surface area contributed by atoms with Crippen LogP contribution < -0.4 is 0 Å². The van der Waals surface area contributed by atoms with E-state index in [2.05, 4.69) is 0 Å². The van der Waals surface area contributed by atoms with Gasteiger partial charge in [-0.15, -0.1) is 0 Å². The Morgan fingerprint density at radius 2 is 2.14 bits per heavy atom. The largest absolute Gasteiger partial charge is 0.526 e. The van der Waals surface area contributed by atoms with Crippen molar-refractivity contribution in [1.29, 1.82) is 0 Å². The molecule has 0 aromatic carbocycles. The second-order valence-electron chi connectivity index (χ2n) is 1.19. The van der Waals surface area contributed by atoms with Gasteiger partial charge in [0.2, 0.25) is 0 Å². The molecule has 0 radical (unpaired) electrons. The van der Waals surface area contributed by atoms with E-state index in [1.54, 1.807) is 6.92 Å².